The fraction of sp³-hybridized carbons (Fsp3) is 0.0714. The van der Waals surface area contributed by atoms with Gasteiger partial charge in [0.2, 0.25) is 0 Å². The first-order chi connectivity index (χ1) is 9.92. The summed E-state index contributed by atoms with van der Waals surface area (Å²) in [7, 11) is 1.23. The summed E-state index contributed by atoms with van der Waals surface area (Å²) in [5, 5.41) is 2.72. The zero-order valence-electron chi connectivity index (χ0n) is 10.9. The van der Waals surface area contributed by atoms with E-state index in [9.17, 15) is 13.6 Å². The fourth-order valence-electron chi connectivity index (χ4n) is 1.71. The molecule has 110 valence electrons. The predicted molar refractivity (Wildman–Crippen MR) is 79.5 cm³/mol. The van der Waals surface area contributed by atoms with Gasteiger partial charge in [-0.15, -0.1) is 0 Å². The van der Waals surface area contributed by atoms with Crippen molar-refractivity contribution >= 4 is 39.0 Å². The van der Waals surface area contributed by atoms with Gasteiger partial charge in [-0.05, 0) is 40.2 Å². The molecule has 0 aliphatic rings. The van der Waals surface area contributed by atoms with Crippen molar-refractivity contribution < 1.29 is 18.3 Å². The summed E-state index contributed by atoms with van der Waals surface area (Å²) >= 11 is 2.97. The average molecular weight is 357 g/mol. The number of nitrogen functional groups attached to an aromatic ring is 1. The number of carbonyl (C=O) groups is 1. The van der Waals surface area contributed by atoms with Gasteiger partial charge < -0.3 is 15.8 Å². The Morgan fingerprint density at radius 2 is 1.90 bits per heavy atom. The molecule has 0 atom stereocenters. The number of nitrogens with one attached hydrogen (secondary N) is 1. The molecule has 0 fully saturated rings. The molecule has 2 rings (SSSR count). The van der Waals surface area contributed by atoms with Crippen molar-refractivity contribution in [3.63, 3.8) is 0 Å². The Morgan fingerprint density at radius 3 is 2.57 bits per heavy atom. The highest BCUT2D eigenvalue weighted by molar-refractivity contribution is 9.10. The number of carbonyl (C=O) groups excluding carboxylic acids is 1. The van der Waals surface area contributed by atoms with Gasteiger partial charge >= 0.3 is 5.97 Å². The number of anilines is 3. The second kappa shape index (κ2) is 6.09. The third-order valence-electron chi connectivity index (χ3n) is 2.73. The van der Waals surface area contributed by atoms with Crippen molar-refractivity contribution in [3.8, 4) is 0 Å². The number of rotatable bonds is 3. The monoisotopic (exact) mass is 356 g/mol. The van der Waals surface area contributed by atoms with Gasteiger partial charge in [0.1, 0.15) is 11.6 Å². The van der Waals surface area contributed by atoms with Crippen LogP contribution in [0.1, 0.15) is 10.4 Å². The van der Waals surface area contributed by atoms with Gasteiger partial charge in [0.25, 0.3) is 0 Å². The van der Waals surface area contributed by atoms with Gasteiger partial charge in [-0.2, -0.15) is 0 Å². The fourth-order valence-corrected chi connectivity index (χ4v) is 2.06. The highest BCUT2D eigenvalue weighted by Gasteiger charge is 2.15. The average Bonchev–Trinajstić information content (AvgIpc) is 2.45. The molecule has 0 radical (unpaired) electrons. The summed E-state index contributed by atoms with van der Waals surface area (Å²) in [5.74, 6) is -2.13. The predicted octanol–water partition coefficient (Wildman–Crippen LogP) is 3.84. The van der Waals surface area contributed by atoms with Crippen molar-refractivity contribution in [3.05, 3.63) is 52.0 Å². The van der Waals surface area contributed by atoms with E-state index in [2.05, 4.69) is 26.0 Å². The van der Waals surface area contributed by atoms with E-state index in [0.717, 1.165) is 6.07 Å². The molecule has 2 aromatic rings. The zero-order chi connectivity index (χ0) is 15.6. The van der Waals surface area contributed by atoms with E-state index in [0.29, 0.717) is 11.4 Å². The van der Waals surface area contributed by atoms with Crippen molar-refractivity contribution in [2.75, 3.05) is 18.2 Å². The van der Waals surface area contributed by atoms with E-state index >= 15 is 0 Å². The number of nitrogens with two attached hydrogens (primary N) is 1. The molecule has 0 bridgehead atoms. The lowest BCUT2D eigenvalue weighted by atomic mass is 10.1. The lowest BCUT2D eigenvalue weighted by Crippen LogP contribution is -2.07. The first-order valence-electron chi connectivity index (χ1n) is 5.81. The van der Waals surface area contributed by atoms with Gasteiger partial charge in [0.15, 0.2) is 0 Å². The van der Waals surface area contributed by atoms with E-state index in [1.165, 1.54) is 25.3 Å². The van der Waals surface area contributed by atoms with E-state index in [-0.39, 0.29) is 15.7 Å². The molecule has 7 heteroatoms. The zero-order valence-corrected chi connectivity index (χ0v) is 12.5. The number of halogens is 3. The van der Waals surface area contributed by atoms with Crippen LogP contribution in [-0.4, -0.2) is 13.1 Å². The molecule has 0 saturated heterocycles. The van der Waals surface area contributed by atoms with Crippen LogP contribution in [0.3, 0.4) is 0 Å². The van der Waals surface area contributed by atoms with Gasteiger partial charge in [-0.25, -0.2) is 13.6 Å². The molecule has 0 saturated carbocycles. The first-order valence-corrected chi connectivity index (χ1v) is 6.61. The summed E-state index contributed by atoms with van der Waals surface area (Å²) in [5.41, 5.74) is 6.45. The van der Waals surface area contributed by atoms with E-state index in [4.69, 9.17) is 5.73 Å². The number of ether oxygens (including phenoxy) is 1. The molecule has 21 heavy (non-hydrogen) atoms. The smallest absolute Gasteiger partial charge is 0.340 e. The van der Waals surface area contributed by atoms with Gasteiger partial charge in [0.05, 0.1) is 28.5 Å². The lowest BCUT2D eigenvalue weighted by Gasteiger charge is -2.12. The van der Waals surface area contributed by atoms with E-state index < -0.39 is 17.6 Å². The SMILES string of the molecule is COC(=O)c1cc(N)ccc1Nc1cc(Br)c(F)cc1F. The summed E-state index contributed by atoms with van der Waals surface area (Å²) in [6.07, 6.45) is 0. The normalized spacial score (nSPS) is 10.3. The lowest BCUT2D eigenvalue weighted by molar-refractivity contribution is 0.0602. The Morgan fingerprint density at radius 1 is 1.19 bits per heavy atom. The van der Waals surface area contributed by atoms with Crippen molar-refractivity contribution in [2.24, 2.45) is 0 Å². The maximum absolute atomic E-state index is 13.7. The summed E-state index contributed by atoms with van der Waals surface area (Å²) in [6.45, 7) is 0. The molecule has 0 aliphatic heterocycles. The van der Waals surface area contributed by atoms with Crippen LogP contribution < -0.4 is 11.1 Å². The van der Waals surface area contributed by atoms with Crippen LogP contribution in [0.15, 0.2) is 34.8 Å². The van der Waals surface area contributed by atoms with Crippen LogP contribution in [0, 0.1) is 11.6 Å². The Labute approximate surface area is 128 Å². The second-order valence-electron chi connectivity index (χ2n) is 4.17. The van der Waals surface area contributed by atoms with Crippen molar-refractivity contribution in [1.29, 1.82) is 0 Å². The topological polar surface area (TPSA) is 64.3 Å². The standard InChI is InChI=1S/C14H11BrF2N2O2/c1-21-14(20)8-4-7(18)2-3-12(8)19-13-5-9(15)10(16)6-11(13)17/h2-6,19H,18H2,1H3. The Hall–Kier alpha value is -2.15. The van der Waals surface area contributed by atoms with E-state index in [1.54, 1.807) is 6.07 Å². The van der Waals surface area contributed by atoms with Crippen LogP contribution >= 0.6 is 15.9 Å². The highest BCUT2D eigenvalue weighted by atomic mass is 79.9. The van der Waals surface area contributed by atoms with Crippen molar-refractivity contribution in [1.82, 2.24) is 0 Å². The minimum atomic E-state index is -0.789. The van der Waals surface area contributed by atoms with Gasteiger partial charge in [-0.1, -0.05) is 0 Å². The van der Waals surface area contributed by atoms with Crippen molar-refractivity contribution in [2.45, 2.75) is 0 Å². The molecule has 0 heterocycles. The van der Waals surface area contributed by atoms with Crippen LogP contribution in [0.4, 0.5) is 25.8 Å². The highest BCUT2D eigenvalue weighted by Crippen LogP contribution is 2.29. The minimum absolute atomic E-state index is 0.0122. The molecule has 0 amide bonds. The summed E-state index contributed by atoms with van der Waals surface area (Å²) in [6, 6.07) is 6.44. The Balaban J connectivity index is 2.44. The number of hydrogen-bond donors (Lipinski definition) is 2. The summed E-state index contributed by atoms with van der Waals surface area (Å²) < 4.78 is 31.7. The molecule has 4 nitrogen and oxygen atoms in total. The third kappa shape index (κ3) is 3.30. The number of esters is 1. The number of benzene rings is 2. The third-order valence-corrected chi connectivity index (χ3v) is 3.34. The second-order valence-corrected chi connectivity index (χ2v) is 5.02. The maximum Gasteiger partial charge on any atom is 0.340 e. The molecule has 0 aliphatic carbocycles. The largest absolute Gasteiger partial charge is 0.465 e. The van der Waals surface area contributed by atoms with Crippen LogP contribution in [0.5, 0.6) is 0 Å². The molecular formula is C14H11BrF2N2O2. The molecule has 3 N–H and O–H groups in total. The van der Waals surface area contributed by atoms with Crippen LogP contribution in [0.25, 0.3) is 0 Å². The van der Waals surface area contributed by atoms with Crippen LogP contribution in [0.2, 0.25) is 0 Å². The van der Waals surface area contributed by atoms with Crippen LogP contribution in [-0.2, 0) is 4.74 Å². The maximum atomic E-state index is 13.7. The molecule has 0 spiro atoms. The first kappa shape index (κ1) is 15.2. The van der Waals surface area contributed by atoms with E-state index in [1.807, 2.05) is 0 Å². The molecular weight excluding hydrogens is 346 g/mol. The molecule has 2 aromatic carbocycles. The number of methoxy groups -OCH3 is 1. The Kier molecular flexibility index (Phi) is 4.42. The quantitative estimate of drug-likeness (QED) is 0.498. The Bertz CT molecular complexity index is 708. The molecule has 0 aromatic heterocycles. The minimum Gasteiger partial charge on any atom is -0.465 e. The molecule has 0 unspecified atom stereocenters. The van der Waals surface area contributed by atoms with Gasteiger partial charge in [0, 0.05) is 11.8 Å². The van der Waals surface area contributed by atoms with Gasteiger partial charge in [-0.3, -0.25) is 0 Å². The summed E-state index contributed by atoms with van der Waals surface area (Å²) in [4.78, 5) is 11.7. The number of hydrogen-bond acceptors (Lipinski definition) is 4.